The largest absolute Gasteiger partial charge is 0.359 e. The summed E-state index contributed by atoms with van der Waals surface area (Å²) < 4.78 is 19.0. The number of aliphatic imine (C=N–C) groups is 1. The minimum absolute atomic E-state index is 0. The minimum atomic E-state index is -0.231. The molecule has 0 aliphatic rings. The first-order valence-electron chi connectivity index (χ1n) is 8.31. The van der Waals surface area contributed by atoms with Gasteiger partial charge in [0.1, 0.15) is 5.82 Å². The minimum Gasteiger partial charge on any atom is -0.359 e. The van der Waals surface area contributed by atoms with E-state index in [0.717, 1.165) is 24.3 Å². The summed E-state index contributed by atoms with van der Waals surface area (Å²) in [5.41, 5.74) is 1.59. The third-order valence-electron chi connectivity index (χ3n) is 4.04. The van der Waals surface area contributed by atoms with Crippen LogP contribution in [0.15, 0.2) is 39.8 Å². The Morgan fingerprint density at radius 3 is 2.52 bits per heavy atom. The number of aromatic nitrogens is 1. The molecule has 1 aromatic carbocycles. The number of guanidine groups is 1. The van der Waals surface area contributed by atoms with Gasteiger partial charge in [-0.1, -0.05) is 37.2 Å². The predicted octanol–water partition coefficient (Wildman–Crippen LogP) is 4.20. The molecule has 0 spiro atoms. The maximum absolute atomic E-state index is 13.6. The van der Waals surface area contributed by atoms with E-state index < -0.39 is 0 Å². The Bertz CT molecular complexity index is 671. The van der Waals surface area contributed by atoms with Gasteiger partial charge in [0.25, 0.3) is 0 Å². The fourth-order valence-electron chi connectivity index (χ4n) is 2.52. The number of halogens is 2. The van der Waals surface area contributed by atoms with E-state index in [4.69, 9.17) is 4.52 Å². The summed E-state index contributed by atoms with van der Waals surface area (Å²) in [5.74, 6) is 1.54. The maximum Gasteiger partial charge on any atom is 0.191 e. The highest BCUT2D eigenvalue weighted by Crippen LogP contribution is 2.22. The van der Waals surface area contributed by atoms with Crippen LogP contribution in [0.2, 0.25) is 0 Å². The third-order valence-corrected chi connectivity index (χ3v) is 4.04. The molecule has 25 heavy (non-hydrogen) atoms. The van der Waals surface area contributed by atoms with Crippen LogP contribution in [0, 0.1) is 5.82 Å². The first-order valence-corrected chi connectivity index (χ1v) is 8.31. The van der Waals surface area contributed by atoms with Gasteiger partial charge >= 0.3 is 0 Å². The van der Waals surface area contributed by atoms with Gasteiger partial charge in [0.05, 0.1) is 12.2 Å². The molecule has 0 aliphatic carbocycles. The van der Waals surface area contributed by atoms with Crippen molar-refractivity contribution in [3.63, 3.8) is 0 Å². The molecule has 1 aromatic heterocycles. The molecule has 1 heterocycles. The second-order valence-electron chi connectivity index (χ2n) is 5.60. The Kier molecular flexibility index (Phi) is 9.48. The van der Waals surface area contributed by atoms with E-state index in [9.17, 15) is 4.39 Å². The highest BCUT2D eigenvalue weighted by molar-refractivity contribution is 14.0. The van der Waals surface area contributed by atoms with E-state index in [-0.39, 0.29) is 29.8 Å². The van der Waals surface area contributed by atoms with Crippen LogP contribution in [-0.4, -0.2) is 18.2 Å². The smallest absolute Gasteiger partial charge is 0.191 e. The van der Waals surface area contributed by atoms with E-state index in [1.165, 1.54) is 6.07 Å². The normalized spacial score (nSPS) is 11.3. The Balaban J connectivity index is 0.00000312. The fraction of sp³-hybridized carbons (Fsp3) is 0.444. The van der Waals surface area contributed by atoms with Crippen LogP contribution in [0.3, 0.4) is 0 Å². The summed E-state index contributed by atoms with van der Waals surface area (Å²) in [6.45, 7) is 5.14. The highest BCUT2D eigenvalue weighted by atomic mass is 127. The van der Waals surface area contributed by atoms with Crippen molar-refractivity contribution in [2.75, 3.05) is 7.05 Å². The maximum atomic E-state index is 13.6. The van der Waals surface area contributed by atoms with Gasteiger partial charge < -0.3 is 15.2 Å². The summed E-state index contributed by atoms with van der Waals surface area (Å²) in [6, 6.07) is 8.65. The van der Waals surface area contributed by atoms with Gasteiger partial charge in [0, 0.05) is 31.1 Å². The van der Waals surface area contributed by atoms with Crippen LogP contribution in [-0.2, 0) is 13.1 Å². The van der Waals surface area contributed by atoms with E-state index in [0.29, 0.717) is 30.5 Å². The second-order valence-corrected chi connectivity index (χ2v) is 5.60. The van der Waals surface area contributed by atoms with Gasteiger partial charge in [0.15, 0.2) is 11.7 Å². The fourth-order valence-corrected chi connectivity index (χ4v) is 2.52. The van der Waals surface area contributed by atoms with E-state index in [1.807, 2.05) is 12.1 Å². The van der Waals surface area contributed by atoms with Gasteiger partial charge in [-0.15, -0.1) is 24.0 Å². The molecule has 2 aromatic rings. The summed E-state index contributed by atoms with van der Waals surface area (Å²) in [7, 11) is 1.67. The summed E-state index contributed by atoms with van der Waals surface area (Å²) in [6.07, 6.45) is 2.09. The number of hydrogen-bond donors (Lipinski definition) is 2. The number of rotatable bonds is 7. The molecule has 138 valence electrons. The zero-order valence-corrected chi connectivity index (χ0v) is 17.2. The van der Waals surface area contributed by atoms with Crippen LogP contribution in [0.4, 0.5) is 4.39 Å². The summed E-state index contributed by atoms with van der Waals surface area (Å²) in [4.78, 5) is 4.13. The van der Waals surface area contributed by atoms with Crippen molar-refractivity contribution in [2.24, 2.45) is 4.99 Å². The average Bonchev–Trinajstić information content (AvgIpc) is 3.06. The van der Waals surface area contributed by atoms with Gasteiger partial charge in [-0.25, -0.2) is 4.39 Å². The standard InChI is InChI=1S/C18H25FN4O.HI/c1-4-13(5-2)17-10-15(24-23-17)12-22-18(20-3)21-11-14-8-6-7-9-16(14)19;/h6-10,13H,4-5,11-12H2,1-3H3,(H2,20,21,22);1H. The van der Waals surface area contributed by atoms with Gasteiger partial charge in [-0.05, 0) is 18.9 Å². The Labute approximate surface area is 165 Å². The average molecular weight is 460 g/mol. The van der Waals surface area contributed by atoms with E-state index in [2.05, 4.69) is 34.6 Å². The molecule has 0 bridgehead atoms. The predicted molar refractivity (Wildman–Crippen MR) is 109 cm³/mol. The molecule has 5 nitrogen and oxygen atoms in total. The lowest BCUT2D eigenvalue weighted by molar-refractivity contribution is 0.368. The second kappa shape index (κ2) is 11.1. The first-order chi connectivity index (χ1) is 11.7. The van der Waals surface area contributed by atoms with Gasteiger partial charge in [-0.2, -0.15) is 0 Å². The lowest BCUT2D eigenvalue weighted by atomic mass is 9.99. The van der Waals surface area contributed by atoms with Crippen LogP contribution in [0.1, 0.15) is 49.6 Å². The van der Waals surface area contributed by atoms with Crippen molar-refractivity contribution in [3.05, 3.63) is 53.2 Å². The van der Waals surface area contributed by atoms with Crippen molar-refractivity contribution in [1.29, 1.82) is 0 Å². The zero-order chi connectivity index (χ0) is 17.4. The molecule has 2 N–H and O–H groups in total. The quantitative estimate of drug-likeness (QED) is 0.370. The number of benzene rings is 1. The number of nitrogens with one attached hydrogen (secondary N) is 2. The monoisotopic (exact) mass is 460 g/mol. The summed E-state index contributed by atoms with van der Waals surface area (Å²) in [5, 5.41) is 10.4. The molecule has 0 amide bonds. The van der Waals surface area contributed by atoms with Crippen molar-refractivity contribution >= 4 is 29.9 Å². The molecule has 2 rings (SSSR count). The van der Waals surface area contributed by atoms with Crippen LogP contribution >= 0.6 is 24.0 Å². The van der Waals surface area contributed by atoms with Crippen molar-refractivity contribution < 1.29 is 8.91 Å². The number of nitrogens with zero attached hydrogens (tertiary/aromatic N) is 2. The Morgan fingerprint density at radius 2 is 1.88 bits per heavy atom. The molecular formula is C18H26FIN4O. The molecule has 0 aliphatic heterocycles. The zero-order valence-electron chi connectivity index (χ0n) is 14.9. The van der Waals surface area contributed by atoms with Crippen molar-refractivity contribution in [1.82, 2.24) is 15.8 Å². The topological polar surface area (TPSA) is 62.5 Å². The number of hydrogen-bond acceptors (Lipinski definition) is 3. The van der Waals surface area contributed by atoms with Gasteiger partial charge in [0.2, 0.25) is 0 Å². The van der Waals surface area contributed by atoms with Crippen molar-refractivity contribution in [3.8, 4) is 0 Å². The lowest BCUT2D eigenvalue weighted by Gasteiger charge is -2.11. The van der Waals surface area contributed by atoms with Gasteiger partial charge in [-0.3, -0.25) is 4.99 Å². The Morgan fingerprint density at radius 1 is 1.20 bits per heavy atom. The summed E-state index contributed by atoms with van der Waals surface area (Å²) >= 11 is 0. The first kappa shape index (κ1) is 21.4. The Hall–Kier alpha value is -1.64. The molecule has 0 fully saturated rings. The van der Waals surface area contributed by atoms with Crippen LogP contribution < -0.4 is 10.6 Å². The van der Waals surface area contributed by atoms with E-state index >= 15 is 0 Å². The molecule has 7 heteroatoms. The molecule has 0 saturated heterocycles. The highest BCUT2D eigenvalue weighted by Gasteiger charge is 2.13. The van der Waals surface area contributed by atoms with E-state index in [1.54, 1.807) is 19.2 Å². The molecule has 0 saturated carbocycles. The van der Waals surface area contributed by atoms with Crippen molar-refractivity contribution in [2.45, 2.75) is 45.7 Å². The molecule has 0 radical (unpaired) electrons. The molecule has 0 unspecified atom stereocenters. The lowest BCUT2D eigenvalue weighted by Crippen LogP contribution is -2.36. The molecular weight excluding hydrogens is 434 g/mol. The molecule has 0 atom stereocenters. The van der Waals surface area contributed by atoms with Crippen LogP contribution in [0.25, 0.3) is 0 Å². The van der Waals surface area contributed by atoms with Crippen LogP contribution in [0.5, 0.6) is 0 Å². The third kappa shape index (κ3) is 6.30. The SMILES string of the molecule is CCC(CC)c1cc(CNC(=NC)NCc2ccccc2F)on1.I.